The molecule has 6 nitrogen and oxygen atoms in total. The lowest BCUT2D eigenvalue weighted by atomic mass is 10.1. The highest BCUT2D eigenvalue weighted by molar-refractivity contribution is 6.12. The average Bonchev–Trinajstić information content (AvgIpc) is 2.88. The van der Waals surface area contributed by atoms with Gasteiger partial charge < -0.3 is 9.84 Å². The van der Waals surface area contributed by atoms with Crippen LogP contribution < -0.4 is 5.32 Å². The van der Waals surface area contributed by atoms with Crippen LogP contribution in [0.4, 0.5) is 5.69 Å². The number of fused-ring (bicyclic) bond motifs is 1. The molecular weight excluding hydrogens is 280 g/mol. The Kier molecular flexibility index (Phi) is 3.31. The SMILES string of the molecule is Cc1cc(C(=O)Nc2ccccc2C#N)c2c(C)noc2n1. The number of hydrogen-bond donors (Lipinski definition) is 1. The number of nitrogens with zero attached hydrogens (tertiary/aromatic N) is 3. The first-order chi connectivity index (χ1) is 10.6. The Labute approximate surface area is 126 Å². The second-order valence-electron chi connectivity index (χ2n) is 4.87. The summed E-state index contributed by atoms with van der Waals surface area (Å²) in [5.41, 5.74) is 2.88. The Hall–Kier alpha value is -3.20. The molecule has 0 aliphatic carbocycles. The largest absolute Gasteiger partial charge is 0.336 e. The Morgan fingerprint density at radius 3 is 2.86 bits per heavy atom. The smallest absolute Gasteiger partial charge is 0.258 e. The van der Waals surface area contributed by atoms with Crippen molar-refractivity contribution in [2.75, 3.05) is 5.32 Å². The van der Waals surface area contributed by atoms with Crippen molar-refractivity contribution in [3.05, 3.63) is 52.8 Å². The van der Waals surface area contributed by atoms with Gasteiger partial charge in [0.2, 0.25) is 0 Å². The molecule has 0 saturated carbocycles. The van der Waals surface area contributed by atoms with Crippen molar-refractivity contribution in [2.24, 2.45) is 0 Å². The normalized spacial score (nSPS) is 10.4. The third kappa shape index (κ3) is 2.29. The first-order valence-corrected chi connectivity index (χ1v) is 6.64. The van der Waals surface area contributed by atoms with Crippen LogP contribution in [-0.2, 0) is 0 Å². The number of carbonyl (C=O) groups excluding carboxylic acids is 1. The number of pyridine rings is 1. The van der Waals surface area contributed by atoms with Gasteiger partial charge in [0.25, 0.3) is 11.6 Å². The number of nitrogens with one attached hydrogen (secondary N) is 1. The van der Waals surface area contributed by atoms with Crippen molar-refractivity contribution in [3.8, 4) is 6.07 Å². The predicted octanol–water partition coefficient (Wildman–Crippen LogP) is 2.96. The zero-order valence-corrected chi connectivity index (χ0v) is 12.0. The van der Waals surface area contributed by atoms with E-state index in [1.54, 1.807) is 44.2 Å². The van der Waals surface area contributed by atoms with Gasteiger partial charge in [0.15, 0.2) is 0 Å². The zero-order valence-electron chi connectivity index (χ0n) is 12.0. The zero-order chi connectivity index (χ0) is 15.7. The predicted molar refractivity (Wildman–Crippen MR) is 80.4 cm³/mol. The molecule has 1 aromatic carbocycles. The Morgan fingerprint density at radius 1 is 1.32 bits per heavy atom. The Bertz CT molecular complexity index is 922. The van der Waals surface area contributed by atoms with E-state index in [1.807, 2.05) is 6.07 Å². The van der Waals surface area contributed by atoms with Gasteiger partial charge in [-0.3, -0.25) is 4.79 Å². The molecule has 108 valence electrons. The molecular formula is C16H12N4O2. The molecule has 0 atom stereocenters. The number of benzene rings is 1. The van der Waals surface area contributed by atoms with Crippen LogP contribution in [0.1, 0.15) is 27.3 Å². The Balaban J connectivity index is 2.06. The molecule has 0 saturated heterocycles. The number of aromatic nitrogens is 2. The van der Waals surface area contributed by atoms with Crippen LogP contribution in [0, 0.1) is 25.2 Å². The van der Waals surface area contributed by atoms with E-state index in [2.05, 4.69) is 15.5 Å². The van der Waals surface area contributed by atoms with Crippen molar-refractivity contribution in [3.63, 3.8) is 0 Å². The summed E-state index contributed by atoms with van der Waals surface area (Å²) >= 11 is 0. The van der Waals surface area contributed by atoms with Crippen molar-refractivity contribution in [1.82, 2.24) is 10.1 Å². The lowest BCUT2D eigenvalue weighted by molar-refractivity contribution is 0.102. The fourth-order valence-electron chi connectivity index (χ4n) is 2.28. The van der Waals surface area contributed by atoms with E-state index in [-0.39, 0.29) is 5.91 Å². The molecule has 0 unspecified atom stereocenters. The molecule has 2 heterocycles. The summed E-state index contributed by atoms with van der Waals surface area (Å²) < 4.78 is 5.12. The van der Waals surface area contributed by atoms with Crippen LogP contribution >= 0.6 is 0 Å². The minimum atomic E-state index is -0.329. The Morgan fingerprint density at radius 2 is 2.09 bits per heavy atom. The molecule has 0 bridgehead atoms. The summed E-state index contributed by atoms with van der Waals surface area (Å²) in [6.45, 7) is 3.53. The highest BCUT2D eigenvalue weighted by Gasteiger charge is 2.18. The summed E-state index contributed by atoms with van der Waals surface area (Å²) in [5.74, 6) is -0.329. The summed E-state index contributed by atoms with van der Waals surface area (Å²) in [6, 6.07) is 10.6. The van der Waals surface area contributed by atoms with Crippen molar-refractivity contribution < 1.29 is 9.32 Å². The molecule has 1 N–H and O–H groups in total. The first kappa shape index (κ1) is 13.8. The molecule has 2 aromatic heterocycles. The maximum absolute atomic E-state index is 12.6. The summed E-state index contributed by atoms with van der Waals surface area (Å²) in [6.07, 6.45) is 0. The molecule has 6 heteroatoms. The number of carbonyl (C=O) groups is 1. The number of amides is 1. The van der Waals surface area contributed by atoms with Gasteiger partial charge in [0, 0.05) is 5.69 Å². The van der Waals surface area contributed by atoms with Gasteiger partial charge in [-0.15, -0.1) is 0 Å². The molecule has 0 aliphatic heterocycles. The van der Waals surface area contributed by atoms with E-state index < -0.39 is 0 Å². The van der Waals surface area contributed by atoms with Crippen LogP contribution in [0.5, 0.6) is 0 Å². The number of rotatable bonds is 2. The van der Waals surface area contributed by atoms with Gasteiger partial charge in [-0.25, -0.2) is 4.98 Å². The molecule has 3 aromatic rings. The summed E-state index contributed by atoms with van der Waals surface area (Å²) in [7, 11) is 0. The molecule has 0 aliphatic rings. The molecule has 0 radical (unpaired) electrons. The van der Waals surface area contributed by atoms with E-state index in [4.69, 9.17) is 9.78 Å². The van der Waals surface area contributed by atoms with Crippen LogP contribution in [0.2, 0.25) is 0 Å². The number of nitriles is 1. The minimum Gasteiger partial charge on any atom is -0.336 e. The number of aryl methyl sites for hydroxylation is 2. The highest BCUT2D eigenvalue weighted by Crippen LogP contribution is 2.23. The van der Waals surface area contributed by atoms with Crippen LogP contribution in [0.15, 0.2) is 34.9 Å². The van der Waals surface area contributed by atoms with Gasteiger partial charge in [-0.1, -0.05) is 17.3 Å². The average molecular weight is 292 g/mol. The summed E-state index contributed by atoms with van der Waals surface area (Å²) in [4.78, 5) is 16.8. The fourth-order valence-corrected chi connectivity index (χ4v) is 2.28. The van der Waals surface area contributed by atoms with Gasteiger partial charge in [-0.2, -0.15) is 5.26 Å². The monoisotopic (exact) mass is 292 g/mol. The third-order valence-electron chi connectivity index (χ3n) is 3.29. The van der Waals surface area contributed by atoms with Crippen LogP contribution in [0.3, 0.4) is 0 Å². The molecule has 22 heavy (non-hydrogen) atoms. The summed E-state index contributed by atoms with van der Waals surface area (Å²) in [5, 5.41) is 16.3. The van der Waals surface area contributed by atoms with Gasteiger partial charge in [0.1, 0.15) is 6.07 Å². The minimum absolute atomic E-state index is 0.329. The standard InChI is InChI=1S/C16H12N4O2/c1-9-7-12(14-10(2)20-22-16(14)18-9)15(21)19-13-6-4-3-5-11(13)8-17/h3-7H,1-2H3,(H,19,21). The fraction of sp³-hybridized carbons (Fsp3) is 0.125. The van der Waals surface area contributed by atoms with E-state index in [0.29, 0.717) is 39.3 Å². The van der Waals surface area contributed by atoms with Crippen molar-refractivity contribution in [1.29, 1.82) is 5.26 Å². The number of para-hydroxylation sites is 1. The van der Waals surface area contributed by atoms with E-state index in [9.17, 15) is 4.79 Å². The highest BCUT2D eigenvalue weighted by atomic mass is 16.5. The van der Waals surface area contributed by atoms with Crippen molar-refractivity contribution >= 4 is 22.7 Å². The van der Waals surface area contributed by atoms with Gasteiger partial charge >= 0.3 is 0 Å². The second-order valence-corrected chi connectivity index (χ2v) is 4.87. The van der Waals surface area contributed by atoms with Gasteiger partial charge in [0.05, 0.1) is 27.9 Å². The second kappa shape index (κ2) is 5.30. The molecule has 0 spiro atoms. The first-order valence-electron chi connectivity index (χ1n) is 6.64. The van der Waals surface area contributed by atoms with E-state index >= 15 is 0 Å². The maximum Gasteiger partial charge on any atom is 0.258 e. The topological polar surface area (TPSA) is 91.8 Å². The van der Waals surface area contributed by atoms with Crippen molar-refractivity contribution in [2.45, 2.75) is 13.8 Å². The van der Waals surface area contributed by atoms with E-state index in [1.165, 1.54) is 0 Å². The third-order valence-corrected chi connectivity index (χ3v) is 3.29. The van der Waals surface area contributed by atoms with Crippen LogP contribution in [-0.4, -0.2) is 16.0 Å². The molecule has 3 rings (SSSR count). The molecule has 0 fully saturated rings. The lowest BCUT2D eigenvalue weighted by Crippen LogP contribution is -2.14. The van der Waals surface area contributed by atoms with E-state index in [0.717, 1.165) is 0 Å². The number of hydrogen-bond acceptors (Lipinski definition) is 5. The molecule has 1 amide bonds. The quantitative estimate of drug-likeness (QED) is 0.784. The lowest BCUT2D eigenvalue weighted by Gasteiger charge is -2.08. The number of anilines is 1. The van der Waals surface area contributed by atoms with Gasteiger partial charge in [-0.05, 0) is 32.0 Å². The van der Waals surface area contributed by atoms with Crippen LogP contribution in [0.25, 0.3) is 11.1 Å². The maximum atomic E-state index is 12.6.